The van der Waals surface area contributed by atoms with Crippen molar-refractivity contribution in [2.45, 2.75) is 6.92 Å². The van der Waals surface area contributed by atoms with Crippen LogP contribution >= 0.6 is 0 Å². The summed E-state index contributed by atoms with van der Waals surface area (Å²) in [6.45, 7) is 1.80. The van der Waals surface area contributed by atoms with E-state index in [0.717, 1.165) is 17.2 Å². The first-order valence-electron chi connectivity index (χ1n) is 6.52. The number of carbonyl (C=O) groups is 1. The van der Waals surface area contributed by atoms with Gasteiger partial charge >= 0.3 is 5.97 Å². The highest BCUT2D eigenvalue weighted by atomic mass is 16.4. The number of hydrogen-bond donors (Lipinski definition) is 4. The summed E-state index contributed by atoms with van der Waals surface area (Å²) in [6.07, 6.45) is 0. The number of aromatic carboxylic acids is 1. The van der Waals surface area contributed by atoms with Crippen molar-refractivity contribution in [1.29, 1.82) is 0 Å². The average Bonchev–Trinajstić information content (AvgIpc) is 3.04. The Morgan fingerprint density at radius 1 is 1.26 bits per heavy atom. The number of H-pyrrole nitrogens is 2. The molecule has 9 heteroatoms. The van der Waals surface area contributed by atoms with E-state index in [1.165, 1.54) is 0 Å². The van der Waals surface area contributed by atoms with E-state index >= 15 is 0 Å². The Balaban J connectivity index is 2.13. The van der Waals surface area contributed by atoms with Crippen LogP contribution in [0.3, 0.4) is 0 Å². The topological polar surface area (TPSA) is 145 Å². The largest absolute Gasteiger partial charge is 0.502 e. The van der Waals surface area contributed by atoms with Crippen molar-refractivity contribution in [3.63, 3.8) is 0 Å². The quantitative estimate of drug-likeness (QED) is 0.563. The Morgan fingerprint density at radius 2 is 2.04 bits per heavy atom. The number of carboxylic acid groups (broad SMARTS) is 1. The van der Waals surface area contributed by atoms with E-state index in [9.17, 15) is 14.7 Å². The van der Waals surface area contributed by atoms with Gasteiger partial charge in [-0.3, -0.25) is 4.79 Å². The van der Waals surface area contributed by atoms with Crippen molar-refractivity contribution in [3.05, 3.63) is 45.7 Å². The second-order valence-electron chi connectivity index (χ2n) is 4.86. The maximum Gasteiger partial charge on any atom is 0.356 e. The number of rotatable bonds is 3. The zero-order valence-electron chi connectivity index (χ0n) is 11.9. The number of benzene rings is 1. The molecule has 0 saturated carbocycles. The molecule has 0 radical (unpaired) electrons. The molecule has 4 N–H and O–H groups in total. The van der Waals surface area contributed by atoms with Crippen molar-refractivity contribution < 1.29 is 15.0 Å². The summed E-state index contributed by atoms with van der Waals surface area (Å²) in [4.78, 5) is 25.4. The summed E-state index contributed by atoms with van der Waals surface area (Å²) in [5.41, 5.74) is 1.13. The van der Waals surface area contributed by atoms with Crippen LogP contribution in [0.4, 0.5) is 0 Å². The SMILES string of the molecule is Cc1cc(-c2nnn[nH]2)ccc1-c1cc(=O)c(O)c(C(=O)O)[nH]1. The molecule has 9 nitrogen and oxygen atoms in total. The van der Waals surface area contributed by atoms with Gasteiger partial charge in [-0.15, -0.1) is 5.10 Å². The second kappa shape index (κ2) is 5.37. The van der Waals surface area contributed by atoms with Crippen molar-refractivity contribution in [1.82, 2.24) is 25.6 Å². The Labute approximate surface area is 128 Å². The first kappa shape index (κ1) is 14.4. The Kier molecular flexibility index (Phi) is 3.37. The lowest BCUT2D eigenvalue weighted by Gasteiger charge is -2.09. The lowest BCUT2D eigenvalue weighted by atomic mass is 10.0. The standard InChI is InChI=1S/C14H11N5O4/c1-6-4-7(13-16-18-19-17-13)2-3-8(6)9-5-10(20)12(21)11(15-9)14(22)23/h2-5,21H,1H3,(H,15,20)(H,22,23)(H,16,17,18,19). The molecule has 23 heavy (non-hydrogen) atoms. The van der Waals surface area contributed by atoms with E-state index in [2.05, 4.69) is 25.6 Å². The average molecular weight is 313 g/mol. The highest BCUT2D eigenvalue weighted by Gasteiger charge is 2.16. The molecule has 0 aliphatic rings. The number of hydrogen-bond acceptors (Lipinski definition) is 6. The number of aromatic nitrogens is 5. The van der Waals surface area contributed by atoms with Gasteiger partial charge in [0.2, 0.25) is 5.43 Å². The molecule has 1 aromatic carbocycles. The molecule has 3 rings (SSSR count). The first-order chi connectivity index (χ1) is 11.0. The van der Waals surface area contributed by atoms with Crippen molar-refractivity contribution in [2.24, 2.45) is 0 Å². The molecule has 0 atom stereocenters. The van der Waals surface area contributed by atoms with Crippen LogP contribution in [0.1, 0.15) is 16.1 Å². The van der Waals surface area contributed by atoms with E-state index in [4.69, 9.17) is 5.11 Å². The third-order valence-electron chi connectivity index (χ3n) is 3.35. The van der Waals surface area contributed by atoms with Gasteiger partial charge in [0.25, 0.3) is 0 Å². The van der Waals surface area contributed by atoms with Crippen molar-refractivity contribution >= 4 is 5.97 Å². The maximum absolute atomic E-state index is 11.7. The fourth-order valence-corrected chi connectivity index (χ4v) is 2.25. The van der Waals surface area contributed by atoms with E-state index in [1.54, 1.807) is 25.1 Å². The van der Waals surface area contributed by atoms with Gasteiger partial charge in [-0.05, 0) is 29.0 Å². The minimum Gasteiger partial charge on any atom is -0.502 e. The molecule has 2 aromatic heterocycles. The molecule has 3 aromatic rings. The molecule has 0 amide bonds. The van der Waals surface area contributed by atoms with Gasteiger partial charge in [-0.25, -0.2) is 9.89 Å². The third-order valence-corrected chi connectivity index (χ3v) is 3.35. The predicted molar refractivity (Wildman–Crippen MR) is 79.0 cm³/mol. The molecule has 0 aliphatic carbocycles. The van der Waals surface area contributed by atoms with Crippen LogP contribution in [0.2, 0.25) is 0 Å². The maximum atomic E-state index is 11.7. The number of pyridine rings is 1. The summed E-state index contributed by atoms with van der Waals surface area (Å²) in [5, 5.41) is 32.0. The number of carboxylic acids is 1. The van der Waals surface area contributed by atoms with Crippen LogP contribution < -0.4 is 5.43 Å². The van der Waals surface area contributed by atoms with Crippen LogP contribution in [0.25, 0.3) is 22.6 Å². The number of nitrogens with one attached hydrogen (secondary N) is 2. The first-order valence-corrected chi connectivity index (χ1v) is 6.52. The monoisotopic (exact) mass is 313 g/mol. The van der Waals surface area contributed by atoms with E-state index in [0.29, 0.717) is 17.1 Å². The van der Waals surface area contributed by atoms with Crippen molar-refractivity contribution in [2.75, 3.05) is 0 Å². The molecule has 116 valence electrons. The zero-order chi connectivity index (χ0) is 16.6. The van der Waals surface area contributed by atoms with Gasteiger partial charge < -0.3 is 15.2 Å². The van der Waals surface area contributed by atoms with E-state index in [-0.39, 0.29) is 0 Å². The lowest BCUT2D eigenvalue weighted by Crippen LogP contribution is -2.11. The van der Waals surface area contributed by atoms with Crippen LogP contribution in [0.15, 0.2) is 29.1 Å². The number of aryl methyl sites for hydroxylation is 1. The summed E-state index contributed by atoms with van der Waals surface area (Å²) >= 11 is 0. The van der Waals surface area contributed by atoms with Crippen LogP contribution in [-0.2, 0) is 0 Å². The van der Waals surface area contributed by atoms with E-state index in [1.807, 2.05) is 0 Å². The summed E-state index contributed by atoms with van der Waals surface area (Å²) in [5.74, 6) is -1.74. The Morgan fingerprint density at radius 3 is 2.65 bits per heavy atom. The molecular formula is C14H11N5O4. The lowest BCUT2D eigenvalue weighted by molar-refractivity contribution is 0.0687. The van der Waals surface area contributed by atoms with Gasteiger partial charge in [0, 0.05) is 17.2 Å². The van der Waals surface area contributed by atoms with E-state index < -0.39 is 22.8 Å². The third kappa shape index (κ3) is 2.55. The molecule has 0 aliphatic heterocycles. The smallest absolute Gasteiger partial charge is 0.356 e. The summed E-state index contributed by atoms with van der Waals surface area (Å²) in [6, 6.07) is 6.39. The number of aromatic amines is 2. The normalized spacial score (nSPS) is 10.7. The second-order valence-corrected chi connectivity index (χ2v) is 4.86. The number of tetrazole rings is 1. The van der Waals surface area contributed by atoms with Crippen LogP contribution in [0, 0.1) is 6.92 Å². The summed E-state index contributed by atoms with van der Waals surface area (Å²) < 4.78 is 0. The van der Waals surface area contributed by atoms with Crippen LogP contribution in [0.5, 0.6) is 5.75 Å². The van der Waals surface area contributed by atoms with Gasteiger partial charge in [-0.2, -0.15) is 0 Å². The molecular weight excluding hydrogens is 302 g/mol. The fourth-order valence-electron chi connectivity index (χ4n) is 2.25. The highest BCUT2D eigenvalue weighted by Crippen LogP contribution is 2.26. The molecule has 2 heterocycles. The Bertz CT molecular complexity index is 946. The minimum atomic E-state index is -1.41. The molecule has 0 fully saturated rings. The number of nitrogens with zero attached hydrogens (tertiary/aromatic N) is 3. The molecule has 0 unspecified atom stereocenters. The molecule has 0 bridgehead atoms. The van der Waals surface area contributed by atoms with Gasteiger partial charge in [0.15, 0.2) is 17.3 Å². The minimum absolute atomic E-state index is 0.296. The molecule has 0 spiro atoms. The highest BCUT2D eigenvalue weighted by molar-refractivity contribution is 5.89. The van der Waals surface area contributed by atoms with Gasteiger partial charge in [0.1, 0.15) is 0 Å². The van der Waals surface area contributed by atoms with Crippen molar-refractivity contribution in [3.8, 4) is 28.4 Å². The molecule has 0 saturated heterocycles. The Hall–Kier alpha value is -3.49. The fraction of sp³-hybridized carbons (Fsp3) is 0.0714. The van der Waals surface area contributed by atoms with Gasteiger partial charge in [0.05, 0.1) is 5.69 Å². The number of aromatic hydroxyl groups is 1. The van der Waals surface area contributed by atoms with Crippen LogP contribution in [-0.4, -0.2) is 41.8 Å². The predicted octanol–water partition coefficient (Wildman–Crippen LogP) is 0.934. The van der Waals surface area contributed by atoms with Gasteiger partial charge in [-0.1, -0.05) is 12.1 Å². The summed E-state index contributed by atoms with van der Waals surface area (Å²) in [7, 11) is 0. The zero-order valence-corrected chi connectivity index (χ0v) is 11.9.